The normalized spacial score (nSPS) is 21.6. The van der Waals surface area contributed by atoms with Crippen LogP contribution in [0.2, 0.25) is 0 Å². The van der Waals surface area contributed by atoms with Crippen LogP contribution in [0, 0.1) is 5.92 Å². The lowest BCUT2D eigenvalue weighted by molar-refractivity contribution is 0.0438. The summed E-state index contributed by atoms with van der Waals surface area (Å²) in [5.74, 6) is 3.61. The molecule has 0 amide bonds. The van der Waals surface area contributed by atoms with E-state index in [1.54, 1.807) is 14.2 Å². The van der Waals surface area contributed by atoms with Crippen LogP contribution in [-0.4, -0.2) is 50.5 Å². The standard InChI is InChI=1S/C27H35NO5/c1-5-32-24-13-19-21(29)15-28(14-16-8-7-9-16)20-10-17-11-22(30-3)23(31-4)12-18(17)26(25(19)20)27(24)33-6-2/h11-13,16,20-21,29H,5-10,14-15H2,1-4H3. The highest BCUT2D eigenvalue weighted by Gasteiger charge is 2.42. The van der Waals surface area contributed by atoms with Gasteiger partial charge in [0.05, 0.1) is 33.5 Å². The molecule has 1 fully saturated rings. The van der Waals surface area contributed by atoms with Crippen LogP contribution in [0.5, 0.6) is 23.0 Å². The zero-order valence-electron chi connectivity index (χ0n) is 20.1. The maximum Gasteiger partial charge on any atom is 0.169 e. The van der Waals surface area contributed by atoms with Gasteiger partial charge in [-0.3, -0.25) is 4.90 Å². The Kier molecular flexibility index (Phi) is 6.14. The number of β-amino-alcohol motifs (C(OH)–C–C–N with tert-alkyl or cyclic N) is 1. The number of fused-ring (bicyclic) bond motifs is 2. The van der Waals surface area contributed by atoms with E-state index in [0.29, 0.717) is 31.3 Å². The number of ether oxygens (including phenoxy) is 4. The number of hydrogen-bond donors (Lipinski definition) is 1. The molecule has 1 heterocycles. The van der Waals surface area contributed by atoms with Crippen molar-refractivity contribution in [3.63, 3.8) is 0 Å². The number of rotatable bonds is 8. The third-order valence-electron chi connectivity index (χ3n) is 7.46. The Morgan fingerprint density at radius 2 is 1.70 bits per heavy atom. The Morgan fingerprint density at radius 3 is 2.33 bits per heavy atom. The van der Waals surface area contributed by atoms with Crippen LogP contribution < -0.4 is 18.9 Å². The molecule has 178 valence electrons. The van der Waals surface area contributed by atoms with Crippen molar-refractivity contribution in [2.45, 2.75) is 51.7 Å². The first-order valence-corrected chi connectivity index (χ1v) is 12.2. The average molecular weight is 454 g/mol. The largest absolute Gasteiger partial charge is 0.493 e. The van der Waals surface area contributed by atoms with Crippen molar-refractivity contribution in [1.29, 1.82) is 0 Å². The van der Waals surface area contributed by atoms with Crippen LogP contribution in [0.15, 0.2) is 18.2 Å². The second-order valence-corrected chi connectivity index (χ2v) is 9.30. The minimum absolute atomic E-state index is 0.194. The van der Waals surface area contributed by atoms with Gasteiger partial charge in [0.2, 0.25) is 0 Å². The quantitative estimate of drug-likeness (QED) is 0.613. The molecule has 3 aliphatic rings. The van der Waals surface area contributed by atoms with Crippen molar-refractivity contribution >= 4 is 0 Å². The Bertz CT molecular complexity index is 1030. The van der Waals surface area contributed by atoms with E-state index in [1.165, 1.54) is 30.4 Å². The summed E-state index contributed by atoms with van der Waals surface area (Å²) in [6.45, 7) is 6.71. The highest BCUT2D eigenvalue weighted by atomic mass is 16.5. The number of aliphatic hydroxyl groups is 1. The first-order valence-electron chi connectivity index (χ1n) is 12.2. The second kappa shape index (κ2) is 9.07. The Hall–Kier alpha value is -2.44. The van der Waals surface area contributed by atoms with Crippen LogP contribution in [0.3, 0.4) is 0 Å². The van der Waals surface area contributed by atoms with Gasteiger partial charge < -0.3 is 24.1 Å². The molecule has 1 saturated carbocycles. The minimum Gasteiger partial charge on any atom is -0.493 e. The second-order valence-electron chi connectivity index (χ2n) is 9.30. The lowest BCUT2D eigenvalue weighted by atomic mass is 9.74. The molecule has 2 aromatic rings. The predicted molar refractivity (Wildman–Crippen MR) is 128 cm³/mol. The SMILES string of the molecule is CCOc1cc2c3c(c1OCC)-c1cc(OC)c(OC)cc1CC3N(CC1CCC1)CC2O. The van der Waals surface area contributed by atoms with E-state index in [9.17, 15) is 5.11 Å². The summed E-state index contributed by atoms with van der Waals surface area (Å²) < 4.78 is 23.6. The molecule has 0 saturated heterocycles. The first kappa shape index (κ1) is 22.4. The Morgan fingerprint density at radius 1 is 0.970 bits per heavy atom. The molecule has 5 rings (SSSR count). The maximum absolute atomic E-state index is 11.3. The summed E-state index contributed by atoms with van der Waals surface area (Å²) in [7, 11) is 3.34. The minimum atomic E-state index is -0.549. The number of benzene rings is 2. The Labute approximate surface area is 196 Å². The van der Waals surface area contributed by atoms with Crippen molar-refractivity contribution < 1.29 is 24.1 Å². The monoisotopic (exact) mass is 453 g/mol. The van der Waals surface area contributed by atoms with E-state index < -0.39 is 6.10 Å². The third-order valence-corrected chi connectivity index (χ3v) is 7.46. The number of methoxy groups -OCH3 is 2. The van der Waals surface area contributed by atoms with Gasteiger partial charge in [0, 0.05) is 24.7 Å². The maximum atomic E-state index is 11.3. The van der Waals surface area contributed by atoms with Gasteiger partial charge in [-0.2, -0.15) is 0 Å². The van der Waals surface area contributed by atoms with Gasteiger partial charge in [-0.25, -0.2) is 0 Å². The molecule has 1 N–H and O–H groups in total. The van der Waals surface area contributed by atoms with E-state index in [1.807, 2.05) is 19.9 Å². The van der Waals surface area contributed by atoms with Gasteiger partial charge in [-0.1, -0.05) is 6.42 Å². The van der Waals surface area contributed by atoms with Crippen LogP contribution in [0.1, 0.15) is 61.9 Å². The molecule has 0 radical (unpaired) electrons. The van der Waals surface area contributed by atoms with E-state index >= 15 is 0 Å². The predicted octanol–water partition coefficient (Wildman–Crippen LogP) is 4.91. The summed E-state index contributed by atoms with van der Waals surface area (Å²) in [6.07, 6.45) is 4.21. The molecule has 1 aliphatic heterocycles. The Balaban J connectivity index is 1.75. The number of hydrogen-bond acceptors (Lipinski definition) is 6. The summed E-state index contributed by atoms with van der Waals surface area (Å²) in [5.41, 5.74) is 5.46. The van der Waals surface area contributed by atoms with Crippen LogP contribution >= 0.6 is 0 Å². The van der Waals surface area contributed by atoms with E-state index in [0.717, 1.165) is 47.1 Å². The highest BCUT2D eigenvalue weighted by molar-refractivity contribution is 5.85. The molecular formula is C27H35NO5. The molecule has 33 heavy (non-hydrogen) atoms. The van der Waals surface area contributed by atoms with Crippen LogP contribution in [0.4, 0.5) is 0 Å². The zero-order valence-corrected chi connectivity index (χ0v) is 20.1. The summed E-state index contributed by atoms with van der Waals surface area (Å²) >= 11 is 0. The molecular weight excluding hydrogens is 418 g/mol. The molecule has 0 bridgehead atoms. The molecule has 6 heteroatoms. The van der Waals surface area contributed by atoms with Crippen molar-refractivity contribution in [3.05, 3.63) is 34.9 Å². The van der Waals surface area contributed by atoms with Gasteiger partial charge in [-0.15, -0.1) is 0 Å². The topological polar surface area (TPSA) is 60.4 Å². The number of nitrogens with zero attached hydrogens (tertiary/aromatic N) is 1. The van der Waals surface area contributed by atoms with Crippen LogP contribution in [0.25, 0.3) is 11.1 Å². The number of aliphatic hydroxyl groups excluding tert-OH is 1. The average Bonchev–Trinajstić information content (AvgIpc) is 2.79. The summed E-state index contributed by atoms with van der Waals surface area (Å²) in [5, 5.41) is 11.3. The van der Waals surface area contributed by atoms with Gasteiger partial charge in [-0.05, 0) is 79.5 Å². The molecule has 6 nitrogen and oxygen atoms in total. The van der Waals surface area contributed by atoms with E-state index in [2.05, 4.69) is 17.0 Å². The van der Waals surface area contributed by atoms with Crippen molar-refractivity contribution in [2.24, 2.45) is 5.92 Å². The summed E-state index contributed by atoms with van der Waals surface area (Å²) in [6, 6.07) is 6.36. The molecule has 2 unspecified atom stereocenters. The highest BCUT2D eigenvalue weighted by Crippen LogP contribution is 2.56. The van der Waals surface area contributed by atoms with E-state index in [4.69, 9.17) is 18.9 Å². The lowest BCUT2D eigenvalue weighted by Gasteiger charge is -2.46. The van der Waals surface area contributed by atoms with Gasteiger partial charge in [0.15, 0.2) is 23.0 Å². The molecule has 2 atom stereocenters. The first-order chi connectivity index (χ1) is 16.1. The van der Waals surface area contributed by atoms with Crippen LogP contribution in [-0.2, 0) is 6.42 Å². The molecule has 0 spiro atoms. The zero-order chi connectivity index (χ0) is 23.1. The van der Waals surface area contributed by atoms with Gasteiger partial charge >= 0.3 is 0 Å². The molecule has 0 aromatic heterocycles. The lowest BCUT2D eigenvalue weighted by Crippen LogP contribution is -2.44. The van der Waals surface area contributed by atoms with Crippen molar-refractivity contribution in [2.75, 3.05) is 40.5 Å². The van der Waals surface area contributed by atoms with Crippen molar-refractivity contribution in [3.8, 4) is 34.1 Å². The fourth-order valence-electron chi connectivity index (χ4n) is 5.73. The molecule has 2 aromatic carbocycles. The smallest absolute Gasteiger partial charge is 0.169 e. The fourth-order valence-corrected chi connectivity index (χ4v) is 5.73. The molecule has 2 aliphatic carbocycles. The summed E-state index contributed by atoms with van der Waals surface area (Å²) in [4.78, 5) is 2.50. The third kappa shape index (κ3) is 3.73. The van der Waals surface area contributed by atoms with Gasteiger partial charge in [0.25, 0.3) is 0 Å². The van der Waals surface area contributed by atoms with Gasteiger partial charge in [0.1, 0.15) is 0 Å². The van der Waals surface area contributed by atoms with E-state index in [-0.39, 0.29) is 6.04 Å². The van der Waals surface area contributed by atoms with Crippen molar-refractivity contribution in [1.82, 2.24) is 4.90 Å². The fraction of sp³-hybridized carbons (Fsp3) is 0.556.